The lowest BCUT2D eigenvalue weighted by Gasteiger charge is -2.42. The second kappa shape index (κ2) is 10.6. The number of ether oxygens (including phenoxy) is 1. The summed E-state index contributed by atoms with van der Waals surface area (Å²) in [7, 11) is 2.00. The molecule has 3 heterocycles. The van der Waals surface area contributed by atoms with Crippen LogP contribution in [-0.4, -0.2) is 49.9 Å². The third kappa shape index (κ3) is 6.31. The van der Waals surface area contributed by atoms with Crippen molar-refractivity contribution in [1.82, 2.24) is 24.6 Å². The van der Waals surface area contributed by atoms with Crippen molar-refractivity contribution in [2.24, 2.45) is 7.05 Å². The van der Waals surface area contributed by atoms with Gasteiger partial charge >= 0.3 is 0 Å². The molecule has 1 aliphatic rings. The number of anilines is 1. The summed E-state index contributed by atoms with van der Waals surface area (Å²) >= 11 is 0. The van der Waals surface area contributed by atoms with E-state index in [0.717, 1.165) is 32.0 Å². The number of halogens is 1. The zero-order valence-electron chi connectivity index (χ0n) is 20.2. The minimum Gasteiger partial charge on any atom is -0.371 e. The average Bonchev–Trinajstić information content (AvgIpc) is 3.10. The summed E-state index contributed by atoms with van der Waals surface area (Å²) in [6.07, 6.45) is 7.33. The Labute approximate surface area is 203 Å². The number of hydrogen-bond donors (Lipinski definition) is 0. The standard InChI is InChI=1S/C25H34N6O.ClH/c1-19-22(14-28-29(19)5)16-30-12-13-31(24-15-26-10-11-27-24)17-23(30)21-8-6-20(7-9-21)18-32-25(2,3)4;/h6-11,14-15,23H,12-13,16-18H2,1-5H3;1H. The topological polar surface area (TPSA) is 59.3 Å². The highest BCUT2D eigenvalue weighted by Gasteiger charge is 2.30. The maximum Gasteiger partial charge on any atom is 0.147 e. The molecule has 1 unspecified atom stereocenters. The molecular formula is C25H35ClN6O. The monoisotopic (exact) mass is 470 g/mol. The number of rotatable bonds is 6. The number of nitrogens with zero attached hydrogens (tertiary/aromatic N) is 6. The summed E-state index contributed by atoms with van der Waals surface area (Å²) in [5.41, 5.74) is 4.85. The largest absolute Gasteiger partial charge is 0.371 e. The van der Waals surface area contributed by atoms with E-state index in [1.807, 2.05) is 24.1 Å². The summed E-state index contributed by atoms with van der Waals surface area (Å²) in [6, 6.07) is 9.12. The van der Waals surface area contributed by atoms with Crippen LogP contribution in [0.2, 0.25) is 0 Å². The molecule has 3 aromatic rings. The molecule has 1 aliphatic heterocycles. The predicted octanol–water partition coefficient (Wildman–Crippen LogP) is 4.32. The Hall–Kier alpha value is -2.48. The van der Waals surface area contributed by atoms with Crippen LogP contribution in [0, 0.1) is 6.92 Å². The molecule has 0 radical (unpaired) electrons. The minimum absolute atomic E-state index is 0. The van der Waals surface area contributed by atoms with Crippen molar-refractivity contribution >= 4 is 18.2 Å². The van der Waals surface area contributed by atoms with E-state index in [0.29, 0.717) is 6.61 Å². The highest BCUT2D eigenvalue weighted by Crippen LogP contribution is 2.30. The molecule has 2 aromatic heterocycles. The molecule has 0 amide bonds. The van der Waals surface area contributed by atoms with Gasteiger partial charge < -0.3 is 9.64 Å². The van der Waals surface area contributed by atoms with Crippen molar-refractivity contribution in [3.05, 3.63) is 71.4 Å². The van der Waals surface area contributed by atoms with Gasteiger partial charge in [0.15, 0.2) is 0 Å². The van der Waals surface area contributed by atoms with E-state index < -0.39 is 0 Å². The zero-order chi connectivity index (χ0) is 22.7. The van der Waals surface area contributed by atoms with Gasteiger partial charge in [-0.05, 0) is 38.8 Å². The highest BCUT2D eigenvalue weighted by atomic mass is 35.5. The van der Waals surface area contributed by atoms with Crippen LogP contribution in [0.3, 0.4) is 0 Å². The summed E-state index contributed by atoms with van der Waals surface area (Å²) in [5, 5.41) is 4.44. The van der Waals surface area contributed by atoms with E-state index in [9.17, 15) is 0 Å². The molecule has 1 aromatic carbocycles. The van der Waals surface area contributed by atoms with E-state index >= 15 is 0 Å². The third-order valence-electron chi connectivity index (χ3n) is 6.11. The van der Waals surface area contributed by atoms with Gasteiger partial charge in [0.1, 0.15) is 5.82 Å². The third-order valence-corrected chi connectivity index (χ3v) is 6.11. The van der Waals surface area contributed by atoms with Crippen LogP contribution in [0.5, 0.6) is 0 Å². The van der Waals surface area contributed by atoms with Gasteiger partial charge in [0.25, 0.3) is 0 Å². The van der Waals surface area contributed by atoms with Crippen LogP contribution >= 0.6 is 12.4 Å². The Morgan fingerprint density at radius 2 is 1.82 bits per heavy atom. The summed E-state index contributed by atoms with van der Waals surface area (Å²) < 4.78 is 7.90. The van der Waals surface area contributed by atoms with Crippen molar-refractivity contribution in [1.29, 1.82) is 0 Å². The molecule has 8 heteroatoms. The molecular weight excluding hydrogens is 436 g/mol. The average molecular weight is 471 g/mol. The smallest absolute Gasteiger partial charge is 0.147 e. The molecule has 7 nitrogen and oxygen atoms in total. The normalized spacial score (nSPS) is 17.1. The van der Waals surface area contributed by atoms with Crippen LogP contribution in [0.4, 0.5) is 5.82 Å². The summed E-state index contributed by atoms with van der Waals surface area (Å²) in [5.74, 6) is 0.935. The molecule has 0 bridgehead atoms. The SMILES string of the molecule is Cc1c(CN2CCN(c3cnccn3)CC2c2ccc(COC(C)(C)C)cc2)cnn1C.Cl. The maximum absolute atomic E-state index is 5.95. The van der Waals surface area contributed by atoms with Gasteiger partial charge in [-0.2, -0.15) is 5.10 Å². The molecule has 4 rings (SSSR count). The molecule has 1 saturated heterocycles. The molecule has 178 valence electrons. The first-order chi connectivity index (χ1) is 15.3. The predicted molar refractivity (Wildman–Crippen MR) is 134 cm³/mol. The zero-order valence-corrected chi connectivity index (χ0v) is 21.0. The van der Waals surface area contributed by atoms with Crippen LogP contribution in [-0.2, 0) is 24.9 Å². The fraction of sp³-hybridized carbons (Fsp3) is 0.480. The Morgan fingerprint density at radius 3 is 2.42 bits per heavy atom. The lowest BCUT2D eigenvalue weighted by Crippen LogP contribution is -2.48. The first-order valence-corrected chi connectivity index (χ1v) is 11.3. The highest BCUT2D eigenvalue weighted by molar-refractivity contribution is 5.85. The molecule has 0 saturated carbocycles. The van der Waals surface area contributed by atoms with Gasteiger partial charge in [-0.1, -0.05) is 24.3 Å². The van der Waals surface area contributed by atoms with E-state index in [2.05, 4.69) is 76.8 Å². The molecule has 1 atom stereocenters. The van der Waals surface area contributed by atoms with E-state index in [-0.39, 0.29) is 24.0 Å². The van der Waals surface area contributed by atoms with Gasteiger partial charge in [-0.25, -0.2) is 4.98 Å². The van der Waals surface area contributed by atoms with E-state index in [1.54, 1.807) is 12.4 Å². The lowest BCUT2D eigenvalue weighted by molar-refractivity contribution is -0.0149. The minimum atomic E-state index is -0.141. The van der Waals surface area contributed by atoms with Gasteiger partial charge in [0, 0.05) is 56.9 Å². The maximum atomic E-state index is 5.95. The Balaban J connectivity index is 0.00000306. The number of piperazine rings is 1. The second-order valence-electron chi connectivity index (χ2n) is 9.52. The van der Waals surface area contributed by atoms with Crippen molar-refractivity contribution in [3.63, 3.8) is 0 Å². The summed E-state index contributed by atoms with van der Waals surface area (Å²) in [4.78, 5) is 13.7. The number of aryl methyl sites for hydroxylation is 1. The second-order valence-corrected chi connectivity index (χ2v) is 9.52. The van der Waals surface area contributed by atoms with Gasteiger partial charge in [-0.15, -0.1) is 12.4 Å². The number of hydrogen-bond acceptors (Lipinski definition) is 6. The van der Waals surface area contributed by atoms with Gasteiger partial charge in [0.05, 0.1) is 30.6 Å². The summed E-state index contributed by atoms with van der Waals surface area (Å²) in [6.45, 7) is 12.6. The number of aromatic nitrogens is 4. The fourth-order valence-corrected chi connectivity index (χ4v) is 4.04. The molecule has 0 aliphatic carbocycles. The van der Waals surface area contributed by atoms with Crippen LogP contribution in [0.25, 0.3) is 0 Å². The van der Waals surface area contributed by atoms with Crippen molar-refractivity contribution in [3.8, 4) is 0 Å². The fourth-order valence-electron chi connectivity index (χ4n) is 4.04. The van der Waals surface area contributed by atoms with Crippen molar-refractivity contribution in [2.45, 2.75) is 52.5 Å². The van der Waals surface area contributed by atoms with Crippen molar-refractivity contribution < 1.29 is 4.74 Å². The first-order valence-electron chi connectivity index (χ1n) is 11.3. The van der Waals surface area contributed by atoms with E-state index in [1.165, 1.54) is 22.4 Å². The van der Waals surface area contributed by atoms with Gasteiger partial charge in [-0.3, -0.25) is 14.6 Å². The molecule has 1 fully saturated rings. The first kappa shape index (κ1) is 25.1. The van der Waals surface area contributed by atoms with Crippen molar-refractivity contribution in [2.75, 3.05) is 24.5 Å². The lowest BCUT2D eigenvalue weighted by atomic mass is 10.00. The van der Waals surface area contributed by atoms with Crippen LogP contribution in [0.1, 0.15) is 49.2 Å². The Kier molecular flexibility index (Phi) is 8.10. The molecule has 33 heavy (non-hydrogen) atoms. The van der Waals surface area contributed by atoms with E-state index in [4.69, 9.17) is 4.74 Å². The Morgan fingerprint density at radius 1 is 1.06 bits per heavy atom. The van der Waals surface area contributed by atoms with Crippen LogP contribution in [0.15, 0.2) is 49.1 Å². The quantitative estimate of drug-likeness (QED) is 0.534. The van der Waals surface area contributed by atoms with Gasteiger partial charge in [0.2, 0.25) is 0 Å². The Bertz CT molecular complexity index is 1020. The molecule has 0 N–H and O–H groups in total. The van der Waals surface area contributed by atoms with Crippen LogP contribution < -0.4 is 4.90 Å². The molecule has 0 spiro atoms. The number of benzene rings is 1.